The topological polar surface area (TPSA) is 95.9 Å². The third-order valence-corrected chi connectivity index (χ3v) is 3.46. The molecule has 0 fully saturated rings. The summed E-state index contributed by atoms with van der Waals surface area (Å²) in [5, 5.41) is 21.5. The summed E-state index contributed by atoms with van der Waals surface area (Å²) in [5.41, 5.74) is 0.0617. The first-order valence-electron chi connectivity index (χ1n) is 5.98. The van der Waals surface area contributed by atoms with Crippen molar-refractivity contribution in [1.82, 2.24) is 5.32 Å². The summed E-state index contributed by atoms with van der Waals surface area (Å²) in [6.45, 7) is 4.37. The fourth-order valence-electron chi connectivity index (χ4n) is 1.69. The molecule has 9 heteroatoms. The molecular formula is C12H14BCl2NO5. The number of aromatic carboxylic acids is 1. The molecule has 21 heavy (non-hydrogen) atoms. The molecule has 0 heterocycles. The Morgan fingerprint density at radius 1 is 1.43 bits per heavy atom. The minimum Gasteiger partial charge on any atom is -0.534 e. The minimum atomic E-state index is -1.44. The molecule has 114 valence electrons. The number of carboxylic acids is 1. The third-order valence-electron chi connectivity index (χ3n) is 2.67. The summed E-state index contributed by atoms with van der Waals surface area (Å²) < 4.78 is 5.25. The summed E-state index contributed by atoms with van der Waals surface area (Å²) in [4.78, 5) is 22.2. The highest BCUT2D eigenvalue weighted by Crippen LogP contribution is 2.36. The number of carboxylic acid groups (broad SMARTS) is 1. The van der Waals surface area contributed by atoms with Crippen LogP contribution in [0.25, 0.3) is 0 Å². The number of halogens is 2. The fraction of sp³-hybridized carbons (Fsp3) is 0.333. The molecular weight excluding hydrogens is 320 g/mol. The maximum Gasteiger partial charge on any atom is 0.546 e. The highest BCUT2D eigenvalue weighted by Gasteiger charge is 2.30. The van der Waals surface area contributed by atoms with E-state index < -0.39 is 19.0 Å². The molecule has 0 aliphatic carbocycles. The summed E-state index contributed by atoms with van der Waals surface area (Å²) in [7, 11) is -1.44. The first-order valence-corrected chi connectivity index (χ1v) is 6.74. The van der Waals surface area contributed by atoms with Gasteiger partial charge in [0.15, 0.2) is 0 Å². The zero-order valence-corrected chi connectivity index (χ0v) is 13.1. The van der Waals surface area contributed by atoms with Gasteiger partial charge in [0.05, 0.1) is 16.0 Å². The molecule has 0 unspecified atom stereocenters. The van der Waals surface area contributed by atoms with Crippen LogP contribution in [0.3, 0.4) is 0 Å². The molecule has 0 radical (unpaired) electrons. The van der Waals surface area contributed by atoms with E-state index >= 15 is 0 Å². The van der Waals surface area contributed by atoms with Crippen LogP contribution in [0.2, 0.25) is 10.0 Å². The summed E-state index contributed by atoms with van der Waals surface area (Å²) >= 11 is 11.7. The maximum absolute atomic E-state index is 11.3. The van der Waals surface area contributed by atoms with Gasteiger partial charge in [0.1, 0.15) is 11.3 Å². The molecule has 1 aromatic carbocycles. The van der Waals surface area contributed by atoms with Gasteiger partial charge in [0.2, 0.25) is 5.91 Å². The second-order valence-electron chi connectivity index (χ2n) is 4.50. The van der Waals surface area contributed by atoms with Gasteiger partial charge in [-0.05, 0) is 25.5 Å². The first-order chi connectivity index (χ1) is 9.65. The molecule has 0 aromatic heterocycles. The number of hydrogen-bond acceptors (Lipinski definition) is 4. The number of carbonyl (C=O) groups excluding carboxylic acids is 1. The van der Waals surface area contributed by atoms with Crippen LogP contribution in [-0.4, -0.2) is 35.1 Å². The second kappa shape index (κ2) is 7.02. The van der Waals surface area contributed by atoms with Crippen LogP contribution in [0.5, 0.6) is 5.75 Å². The van der Waals surface area contributed by atoms with E-state index in [1.807, 2.05) is 0 Å². The average molecular weight is 334 g/mol. The predicted molar refractivity (Wildman–Crippen MR) is 80.0 cm³/mol. The van der Waals surface area contributed by atoms with Crippen LogP contribution in [0.15, 0.2) is 6.07 Å². The van der Waals surface area contributed by atoms with Crippen LogP contribution in [0.1, 0.15) is 29.8 Å². The zero-order chi connectivity index (χ0) is 16.3. The number of carbonyl (C=O) groups is 2. The molecule has 1 amide bonds. The summed E-state index contributed by atoms with van der Waals surface area (Å²) in [6.07, 6.45) is 0. The molecule has 6 nitrogen and oxygen atoms in total. The van der Waals surface area contributed by atoms with Gasteiger partial charge in [-0.3, -0.25) is 4.79 Å². The van der Waals surface area contributed by atoms with Gasteiger partial charge in [-0.15, -0.1) is 0 Å². The van der Waals surface area contributed by atoms with Crippen molar-refractivity contribution in [1.29, 1.82) is 0 Å². The SMILES string of the molecule is CC(=O)N[C@@H](C)B(O)Oc1c(C)cc(Cl)c(Cl)c1C(=O)O. The van der Waals surface area contributed by atoms with E-state index in [1.165, 1.54) is 19.9 Å². The summed E-state index contributed by atoms with van der Waals surface area (Å²) in [6, 6.07) is 1.43. The Bertz CT molecular complexity index is 581. The van der Waals surface area contributed by atoms with E-state index in [9.17, 15) is 19.7 Å². The van der Waals surface area contributed by atoms with Crippen molar-refractivity contribution < 1.29 is 24.4 Å². The van der Waals surface area contributed by atoms with Crippen LogP contribution in [0.4, 0.5) is 0 Å². The number of amides is 1. The van der Waals surface area contributed by atoms with E-state index in [0.717, 1.165) is 0 Å². The Labute approximate surface area is 132 Å². The Kier molecular flexibility index (Phi) is 5.89. The highest BCUT2D eigenvalue weighted by molar-refractivity contribution is 6.47. The van der Waals surface area contributed by atoms with Gasteiger partial charge in [-0.25, -0.2) is 4.79 Å². The van der Waals surface area contributed by atoms with Crippen LogP contribution >= 0.6 is 23.2 Å². The number of nitrogens with one attached hydrogen (secondary N) is 1. The normalized spacial score (nSPS) is 11.7. The molecule has 0 spiro atoms. The number of aryl methyl sites for hydroxylation is 1. The van der Waals surface area contributed by atoms with E-state index in [0.29, 0.717) is 5.56 Å². The largest absolute Gasteiger partial charge is 0.546 e. The maximum atomic E-state index is 11.3. The van der Waals surface area contributed by atoms with Crippen molar-refractivity contribution in [3.8, 4) is 5.75 Å². The molecule has 1 aromatic rings. The lowest BCUT2D eigenvalue weighted by Gasteiger charge is -2.20. The van der Waals surface area contributed by atoms with Crippen molar-refractivity contribution in [2.24, 2.45) is 0 Å². The Hall–Kier alpha value is -1.44. The van der Waals surface area contributed by atoms with E-state index in [4.69, 9.17) is 27.9 Å². The van der Waals surface area contributed by atoms with Crippen LogP contribution in [-0.2, 0) is 4.79 Å². The molecule has 0 bridgehead atoms. The second-order valence-corrected chi connectivity index (χ2v) is 5.28. The number of rotatable bonds is 5. The lowest BCUT2D eigenvalue weighted by atomic mass is 9.79. The Morgan fingerprint density at radius 3 is 2.48 bits per heavy atom. The van der Waals surface area contributed by atoms with Crippen LogP contribution in [0, 0.1) is 6.92 Å². The molecule has 1 atom stereocenters. The van der Waals surface area contributed by atoms with Crippen molar-refractivity contribution in [3.05, 3.63) is 27.2 Å². The molecule has 0 saturated carbocycles. The highest BCUT2D eigenvalue weighted by atomic mass is 35.5. The minimum absolute atomic E-state index is 0.0725. The zero-order valence-electron chi connectivity index (χ0n) is 11.6. The van der Waals surface area contributed by atoms with Gasteiger partial charge in [0.25, 0.3) is 0 Å². The van der Waals surface area contributed by atoms with Gasteiger partial charge in [0, 0.05) is 6.92 Å². The standard InChI is InChI=1S/C12H14BCl2NO5/c1-5-4-8(14)10(15)9(12(18)19)11(5)21-13(20)6(2)16-7(3)17/h4,6,20H,1-3H3,(H,16,17)(H,18,19)/t6-/m0/s1. The molecule has 0 saturated heterocycles. The van der Waals surface area contributed by atoms with Gasteiger partial charge in [-0.1, -0.05) is 23.2 Å². The number of hydrogen-bond donors (Lipinski definition) is 3. The van der Waals surface area contributed by atoms with Gasteiger partial charge < -0.3 is 20.1 Å². The third kappa shape index (κ3) is 4.26. The first kappa shape index (κ1) is 17.6. The molecule has 0 aliphatic rings. The van der Waals surface area contributed by atoms with Crippen molar-refractivity contribution in [2.75, 3.05) is 0 Å². The molecule has 1 rings (SSSR count). The lowest BCUT2D eigenvalue weighted by molar-refractivity contribution is -0.119. The smallest absolute Gasteiger partial charge is 0.534 e. The molecule has 3 N–H and O–H groups in total. The van der Waals surface area contributed by atoms with E-state index in [1.54, 1.807) is 6.92 Å². The Morgan fingerprint density at radius 2 is 2.00 bits per heavy atom. The van der Waals surface area contributed by atoms with Crippen LogP contribution < -0.4 is 9.97 Å². The molecule has 0 aliphatic heterocycles. The quantitative estimate of drug-likeness (QED) is 0.715. The van der Waals surface area contributed by atoms with Crippen molar-refractivity contribution in [2.45, 2.75) is 26.7 Å². The summed E-state index contributed by atoms with van der Waals surface area (Å²) in [5.74, 6) is -2.52. The lowest BCUT2D eigenvalue weighted by Crippen LogP contribution is -2.47. The van der Waals surface area contributed by atoms with E-state index in [2.05, 4.69) is 5.32 Å². The monoisotopic (exact) mass is 333 g/mol. The van der Waals surface area contributed by atoms with Crippen molar-refractivity contribution >= 4 is 42.2 Å². The Balaban J connectivity index is 3.16. The average Bonchev–Trinajstić information content (AvgIpc) is 2.34. The predicted octanol–water partition coefficient (Wildman–Crippen LogP) is 1.92. The fourth-order valence-corrected chi connectivity index (χ4v) is 2.17. The number of benzene rings is 1. The van der Waals surface area contributed by atoms with Gasteiger partial charge >= 0.3 is 13.1 Å². The van der Waals surface area contributed by atoms with Crippen molar-refractivity contribution in [3.63, 3.8) is 0 Å². The van der Waals surface area contributed by atoms with E-state index in [-0.39, 0.29) is 27.3 Å². The van der Waals surface area contributed by atoms with Gasteiger partial charge in [-0.2, -0.15) is 0 Å².